The molecule has 1 aromatic rings. The van der Waals surface area contributed by atoms with E-state index in [1.165, 1.54) is 13.0 Å². The molecule has 0 aliphatic heterocycles. The average molecular weight is 217 g/mol. The van der Waals surface area contributed by atoms with Crippen LogP contribution in [0, 0.1) is 0 Å². The number of benzene rings is 1. The van der Waals surface area contributed by atoms with Crippen LogP contribution in [0.2, 0.25) is 5.02 Å². The van der Waals surface area contributed by atoms with Gasteiger partial charge in [0.25, 0.3) is 0 Å². The number of Topliss-reactive ketones (excluding diaryl/α,β-unsaturated/α-hetero) is 1. The van der Waals surface area contributed by atoms with Gasteiger partial charge in [-0.3, -0.25) is 4.79 Å². The monoisotopic (exact) mass is 216 g/mol. The number of rotatable bonds is 4. The molecule has 76 valence electrons. The molecule has 0 amide bonds. The SMILES string of the molecule is CC(=O)c1ccc(OCCF)c(Cl)c1. The Hall–Kier alpha value is -1.09. The second kappa shape index (κ2) is 4.96. The summed E-state index contributed by atoms with van der Waals surface area (Å²) in [7, 11) is 0. The van der Waals surface area contributed by atoms with E-state index in [4.69, 9.17) is 16.3 Å². The van der Waals surface area contributed by atoms with E-state index in [-0.39, 0.29) is 12.4 Å². The topological polar surface area (TPSA) is 26.3 Å². The van der Waals surface area contributed by atoms with E-state index < -0.39 is 6.67 Å². The van der Waals surface area contributed by atoms with Gasteiger partial charge in [0.05, 0.1) is 5.02 Å². The van der Waals surface area contributed by atoms with Crippen LogP contribution >= 0.6 is 11.6 Å². The summed E-state index contributed by atoms with van der Waals surface area (Å²) in [6, 6.07) is 4.67. The number of halogens is 2. The highest BCUT2D eigenvalue weighted by atomic mass is 35.5. The summed E-state index contributed by atoms with van der Waals surface area (Å²) >= 11 is 5.81. The van der Waals surface area contributed by atoms with Crippen LogP contribution in [0.5, 0.6) is 5.75 Å². The van der Waals surface area contributed by atoms with Gasteiger partial charge in [0.15, 0.2) is 5.78 Å². The van der Waals surface area contributed by atoms with Crippen molar-refractivity contribution in [1.82, 2.24) is 0 Å². The summed E-state index contributed by atoms with van der Waals surface area (Å²) in [6.45, 7) is 0.859. The first-order valence-electron chi connectivity index (χ1n) is 4.14. The molecule has 0 unspecified atom stereocenters. The lowest BCUT2D eigenvalue weighted by Crippen LogP contribution is -2.00. The molecular formula is C10H10ClFO2. The minimum atomic E-state index is -0.565. The van der Waals surface area contributed by atoms with Gasteiger partial charge in [-0.05, 0) is 25.1 Å². The second-order valence-electron chi connectivity index (χ2n) is 2.74. The van der Waals surface area contributed by atoms with Gasteiger partial charge in [-0.15, -0.1) is 0 Å². The molecule has 0 saturated carbocycles. The smallest absolute Gasteiger partial charge is 0.159 e. The highest BCUT2D eigenvalue weighted by molar-refractivity contribution is 6.32. The van der Waals surface area contributed by atoms with Gasteiger partial charge in [-0.25, -0.2) is 4.39 Å². The first-order valence-corrected chi connectivity index (χ1v) is 4.52. The molecule has 0 spiro atoms. The summed E-state index contributed by atoms with van der Waals surface area (Å²) in [4.78, 5) is 11.0. The molecule has 4 heteroatoms. The maximum absolute atomic E-state index is 11.8. The van der Waals surface area contributed by atoms with Crippen LogP contribution in [0.1, 0.15) is 17.3 Å². The van der Waals surface area contributed by atoms with Crippen molar-refractivity contribution >= 4 is 17.4 Å². The number of carbonyl (C=O) groups is 1. The third kappa shape index (κ3) is 2.70. The van der Waals surface area contributed by atoms with Gasteiger partial charge in [-0.1, -0.05) is 11.6 Å². The van der Waals surface area contributed by atoms with Crippen molar-refractivity contribution in [1.29, 1.82) is 0 Å². The number of alkyl halides is 1. The summed E-state index contributed by atoms with van der Waals surface area (Å²) in [5.41, 5.74) is 0.516. The van der Waals surface area contributed by atoms with Gasteiger partial charge >= 0.3 is 0 Å². The third-order valence-electron chi connectivity index (χ3n) is 1.67. The lowest BCUT2D eigenvalue weighted by molar-refractivity contribution is 0.101. The number of hydrogen-bond donors (Lipinski definition) is 0. The Morgan fingerprint density at radius 1 is 1.57 bits per heavy atom. The molecule has 0 saturated heterocycles. The first-order chi connectivity index (χ1) is 6.65. The molecule has 0 bridgehead atoms. The fourth-order valence-electron chi connectivity index (χ4n) is 0.985. The van der Waals surface area contributed by atoms with Crippen molar-refractivity contribution in [2.75, 3.05) is 13.3 Å². The minimum Gasteiger partial charge on any atom is -0.489 e. The zero-order chi connectivity index (χ0) is 10.6. The van der Waals surface area contributed by atoms with E-state index in [2.05, 4.69) is 0 Å². The van der Waals surface area contributed by atoms with Gasteiger partial charge in [-0.2, -0.15) is 0 Å². The predicted octanol–water partition coefficient (Wildman–Crippen LogP) is 2.89. The molecular weight excluding hydrogens is 207 g/mol. The van der Waals surface area contributed by atoms with Gasteiger partial charge in [0.2, 0.25) is 0 Å². The largest absolute Gasteiger partial charge is 0.489 e. The maximum Gasteiger partial charge on any atom is 0.159 e. The summed E-state index contributed by atoms with van der Waals surface area (Å²) in [5.74, 6) is 0.332. The Balaban J connectivity index is 2.84. The molecule has 0 aliphatic carbocycles. The van der Waals surface area contributed by atoms with Crippen molar-refractivity contribution in [2.45, 2.75) is 6.92 Å². The lowest BCUT2D eigenvalue weighted by Gasteiger charge is -2.06. The molecule has 0 aliphatic rings. The van der Waals surface area contributed by atoms with Crippen molar-refractivity contribution in [3.05, 3.63) is 28.8 Å². The van der Waals surface area contributed by atoms with Crippen LogP contribution in [0.4, 0.5) is 4.39 Å². The zero-order valence-corrected chi connectivity index (χ0v) is 8.47. The van der Waals surface area contributed by atoms with Crippen molar-refractivity contribution in [2.24, 2.45) is 0 Å². The van der Waals surface area contributed by atoms with E-state index >= 15 is 0 Å². The quantitative estimate of drug-likeness (QED) is 0.724. The molecule has 14 heavy (non-hydrogen) atoms. The molecule has 0 atom stereocenters. The fourth-order valence-corrected chi connectivity index (χ4v) is 1.22. The van der Waals surface area contributed by atoms with Gasteiger partial charge < -0.3 is 4.74 Å². The van der Waals surface area contributed by atoms with Crippen molar-refractivity contribution in [3.63, 3.8) is 0 Å². The van der Waals surface area contributed by atoms with E-state index in [9.17, 15) is 9.18 Å². The Labute approximate surface area is 86.6 Å². The molecule has 1 rings (SSSR count). The van der Waals surface area contributed by atoms with Crippen LogP contribution in [0.3, 0.4) is 0 Å². The second-order valence-corrected chi connectivity index (χ2v) is 3.15. The summed E-state index contributed by atoms with van der Waals surface area (Å²) in [6.07, 6.45) is 0. The molecule has 0 radical (unpaired) electrons. The fraction of sp³-hybridized carbons (Fsp3) is 0.300. The van der Waals surface area contributed by atoms with Crippen LogP contribution in [0.25, 0.3) is 0 Å². The highest BCUT2D eigenvalue weighted by Crippen LogP contribution is 2.25. The van der Waals surface area contributed by atoms with Gasteiger partial charge in [0, 0.05) is 5.56 Å². The van der Waals surface area contributed by atoms with E-state index in [0.29, 0.717) is 16.3 Å². The molecule has 0 aromatic heterocycles. The summed E-state index contributed by atoms with van der Waals surface area (Å²) in [5, 5.41) is 0.325. The number of hydrogen-bond acceptors (Lipinski definition) is 2. The normalized spacial score (nSPS) is 9.93. The number of carbonyl (C=O) groups excluding carboxylic acids is 1. The van der Waals surface area contributed by atoms with Crippen LogP contribution < -0.4 is 4.74 Å². The Bertz CT molecular complexity index is 339. The molecule has 0 heterocycles. The summed E-state index contributed by atoms with van der Waals surface area (Å²) < 4.78 is 16.8. The lowest BCUT2D eigenvalue weighted by atomic mass is 10.1. The third-order valence-corrected chi connectivity index (χ3v) is 1.97. The standard InChI is InChI=1S/C10H10ClFO2/c1-7(13)8-2-3-10(9(11)6-8)14-5-4-12/h2-3,6H,4-5H2,1H3. The minimum absolute atomic E-state index is 0.0286. The van der Waals surface area contributed by atoms with Crippen LogP contribution in [-0.4, -0.2) is 19.1 Å². The Kier molecular flexibility index (Phi) is 3.89. The van der Waals surface area contributed by atoms with Crippen molar-refractivity contribution < 1.29 is 13.9 Å². The van der Waals surface area contributed by atoms with Crippen molar-refractivity contribution in [3.8, 4) is 5.75 Å². The van der Waals surface area contributed by atoms with Crippen LogP contribution in [-0.2, 0) is 0 Å². The Morgan fingerprint density at radius 2 is 2.29 bits per heavy atom. The number of ketones is 1. The maximum atomic E-state index is 11.8. The molecule has 0 N–H and O–H groups in total. The molecule has 1 aromatic carbocycles. The van der Waals surface area contributed by atoms with E-state index in [1.807, 2.05) is 0 Å². The van der Waals surface area contributed by atoms with E-state index in [1.54, 1.807) is 12.1 Å². The van der Waals surface area contributed by atoms with Crippen LogP contribution in [0.15, 0.2) is 18.2 Å². The molecule has 2 nitrogen and oxygen atoms in total. The predicted molar refractivity (Wildman–Crippen MR) is 52.9 cm³/mol. The first kappa shape index (κ1) is 11.0. The molecule has 0 fully saturated rings. The van der Waals surface area contributed by atoms with E-state index in [0.717, 1.165) is 0 Å². The number of ether oxygens (including phenoxy) is 1. The average Bonchev–Trinajstić information content (AvgIpc) is 2.15. The Morgan fingerprint density at radius 3 is 2.79 bits per heavy atom. The highest BCUT2D eigenvalue weighted by Gasteiger charge is 2.05. The van der Waals surface area contributed by atoms with Gasteiger partial charge in [0.1, 0.15) is 19.0 Å². The zero-order valence-electron chi connectivity index (χ0n) is 7.72.